The van der Waals surface area contributed by atoms with Crippen molar-refractivity contribution in [3.8, 4) is 0 Å². The molecule has 0 bridgehead atoms. The lowest BCUT2D eigenvalue weighted by atomic mass is 10.1. The lowest BCUT2D eigenvalue weighted by Gasteiger charge is -2.36. The van der Waals surface area contributed by atoms with E-state index in [2.05, 4.69) is 46.4 Å². The van der Waals surface area contributed by atoms with Crippen LogP contribution >= 0.6 is 0 Å². The van der Waals surface area contributed by atoms with Crippen LogP contribution in [0, 0.1) is 6.92 Å². The lowest BCUT2D eigenvalue weighted by molar-refractivity contribution is 0.0746. The summed E-state index contributed by atoms with van der Waals surface area (Å²) in [6, 6.07) is 10.0. The Hall–Kier alpha value is -2.93. The van der Waals surface area contributed by atoms with Crippen molar-refractivity contribution in [3.63, 3.8) is 0 Å². The van der Waals surface area contributed by atoms with Crippen molar-refractivity contribution in [1.82, 2.24) is 20.1 Å². The average molecular weight is 396 g/mol. The Labute approximate surface area is 172 Å². The number of anilines is 1. The van der Waals surface area contributed by atoms with Gasteiger partial charge >= 0.3 is 0 Å². The van der Waals surface area contributed by atoms with E-state index in [4.69, 9.17) is 0 Å². The number of hydrogen-bond acceptors (Lipinski definition) is 5. The van der Waals surface area contributed by atoms with Gasteiger partial charge in [0, 0.05) is 57.3 Å². The summed E-state index contributed by atoms with van der Waals surface area (Å²) >= 11 is 0. The zero-order valence-corrected chi connectivity index (χ0v) is 17.4. The summed E-state index contributed by atoms with van der Waals surface area (Å²) in [7, 11) is 3.90. The van der Waals surface area contributed by atoms with Crippen molar-refractivity contribution in [2.75, 3.05) is 58.3 Å². The number of hydrogen-bond donors (Lipinski definition) is 1. The summed E-state index contributed by atoms with van der Waals surface area (Å²) in [4.78, 5) is 35.4. The molecule has 1 saturated heterocycles. The molecule has 0 unspecified atom stereocenters. The van der Waals surface area contributed by atoms with Crippen LogP contribution in [0.2, 0.25) is 0 Å². The van der Waals surface area contributed by atoms with Gasteiger partial charge in [-0.05, 0) is 44.8 Å². The van der Waals surface area contributed by atoms with Gasteiger partial charge in [-0.15, -0.1) is 0 Å². The predicted molar refractivity (Wildman–Crippen MR) is 114 cm³/mol. The number of aryl methyl sites for hydroxylation is 1. The fourth-order valence-electron chi connectivity index (χ4n) is 3.35. The molecule has 29 heavy (non-hydrogen) atoms. The number of pyridine rings is 1. The van der Waals surface area contributed by atoms with Crippen LogP contribution < -0.4 is 10.2 Å². The minimum absolute atomic E-state index is 0.0793. The smallest absolute Gasteiger partial charge is 0.255 e. The van der Waals surface area contributed by atoms with E-state index >= 15 is 0 Å². The average Bonchev–Trinajstić information content (AvgIpc) is 2.73. The highest BCUT2D eigenvalue weighted by molar-refractivity contribution is 5.99. The number of carbonyl (C=O) groups excluding carboxylic acids is 2. The molecule has 1 aromatic heterocycles. The van der Waals surface area contributed by atoms with Gasteiger partial charge in [0.1, 0.15) is 0 Å². The van der Waals surface area contributed by atoms with E-state index < -0.39 is 0 Å². The van der Waals surface area contributed by atoms with Gasteiger partial charge in [-0.25, -0.2) is 0 Å². The SMILES string of the molecule is Cc1cccc(N2CCN(C(=O)c3cncc(C(=O)NCCN(C)C)c3)CC2)c1. The highest BCUT2D eigenvalue weighted by atomic mass is 16.2. The van der Waals surface area contributed by atoms with Crippen LogP contribution in [0.25, 0.3) is 0 Å². The second-order valence-corrected chi connectivity index (χ2v) is 7.64. The molecule has 0 saturated carbocycles. The number of carbonyl (C=O) groups is 2. The summed E-state index contributed by atoms with van der Waals surface area (Å²) in [5.41, 5.74) is 3.28. The standard InChI is InChI=1S/C22H29N5O2/c1-17-5-4-6-20(13-17)26-9-11-27(12-10-26)22(29)19-14-18(15-23-16-19)21(28)24-7-8-25(2)3/h4-6,13-16H,7-12H2,1-3H3,(H,24,28). The monoisotopic (exact) mass is 395 g/mol. The topological polar surface area (TPSA) is 68.8 Å². The second-order valence-electron chi connectivity index (χ2n) is 7.64. The Balaban J connectivity index is 1.59. The van der Waals surface area contributed by atoms with E-state index in [1.165, 1.54) is 23.6 Å². The molecule has 7 nitrogen and oxygen atoms in total. The molecule has 2 aromatic rings. The Morgan fingerprint density at radius 3 is 2.48 bits per heavy atom. The van der Waals surface area contributed by atoms with Crippen LogP contribution in [-0.2, 0) is 0 Å². The molecule has 2 heterocycles. The number of nitrogens with zero attached hydrogens (tertiary/aromatic N) is 4. The van der Waals surface area contributed by atoms with Gasteiger partial charge in [-0.2, -0.15) is 0 Å². The Kier molecular flexibility index (Phi) is 6.82. The van der Waals surface area contributed by atoms with Gasteiger partial charge < -0.3 is 20.0 Å². The third kappa shape index (κ3) is 5.54. The van der Waals surface area contributed by atoms with Gasteiger partial charge in [0.25, 0.3) is 11.8 Å². The molecular formula is C22H29N5O2. The first-order valence-corrected chi connectivity index (χ1v) is 9.93. The highest BCUT2D eigenvalue weighted by Crippen LogP contribution is 2.18. The summed E-state index contributed by atoms with van der Waals surface area (Å²) in [5, 5.41) is 2.85. The first kappa shape index (κ1) is 20.8. The molecule has 154 valence electrons. The third-order valence-electron chi connectivity index (χ3n) is 5.03. The van der Waals surface area contributed by atoms with Crippen LogP contribution in [0.4, 0.5) is 5.69 Å². The molecule has 1 aliphatic rings. The van der Waals surface area contributed by atoms with E-state index in [1.54, 1.807) is 6.07 Å². The van der Waals surface area contributed by atoms with Crippen LogP contribution in [0.5, 0.6) is 0 Å². The maximum Gasteiger partial charge on any atom is 0.255 e. The molecular weight excluding hydrogens is 366 g/mol. The number of aromatic nitrogens is 1. The molecule has 0 aliphatic carbocycles. The third-order valence-corrected chi connectivity index (χ3v) is 5.03. The predicted octanol–water partition coefficient (Wildman–Crippen LogP) is 1.64. The number of piperazine rings is 1. The van der Waals surface area contributed by atoms with Gasteiger partial charge in [-0.3, -0.25) is 14.6 Å². The minimum Gasteiger partial charge on any atom is -0.368 e. The summed E-state index contributed by atoms with van der Waals surface area (Å²) in [6.45, 7) is 6.24. The van der Waals surface area contributed by atoms with Crippen molar-refractivity contribution < 1.29 is 9.59 Å². The number of amides is 2. The molecule has 0 atom stereocenters. The molecule has 1 aliphatic heterocycles. The van der Waals surface area contributed by atoms with Crippen molar-refractivity contribution in [2.45, 2.75) is 6.92 Å². The quantitative estimate of drug-likeness (QED) is 0.805. The molecule has 0 radical (unpaired) electrons. The van der Waals surface area contributed by atoms with E-state index in [9.17, 15) is 9.59 Å². The maximum atomic E-state index is 12.9. The van der Waals surface area contributed by atoms with Crippen molar-refractivity contribution >= 4 is 17.5 Å². The molecule has 1 aromatic carbocycles. The fraction of sp³-hybridized carbons (Fsp3) is 0.409. The van der Waals surface area contributed by atoms with Gasteiger partial charge in [0.05, 0.1) is 11.1 Å². The largest absolute Gasteiger partial charge is 0.368 e. The zero-order valence-electron chi connectivity index (χ0n) is 17.4. The van der Waals surface area contributed by atoms with Crippen LogP contribution in [0.1, 0.15) is 26.3 Å². The normalized spacial score (nSPS) is 14.2. The van der Waals surface area contributed by atoms with Crippen LogP contribution in [0.3, 0.4) is 0 Å². The van der Waals surface area contributed by atoms with Crippen LogP contribution in [0.15, 0.2) is 42.7 Å². The van der Waals surface area contributed by atoms with E-state index in [0.29, 0.717) is 30.8 Å². The van der Waals surface area contributed by atoms with E-state index in [-0.39, 0.29) is 11.8 Å². The molecule has 3 rings (SSSR count). The Morgan fingerprint density at radius 1 is 1.07 bits per heavy atom. The zero-order chi connectivity index (χ0) is 20.8. The van der Waals surface area contributed by atoms with E-state index in [0.717, 1.165) is 19.6 Å². The highest BCUT2D eigenvalue weighted by Gasteiger charge is 2.23. The first-order valence-electron chi connectivity index (χ1n) is 9.93. The minimum atomic E-state index is -0.210. The molecule has 0 spiro atoms. The number of benzene rings is 1. The van der Waals surface area contributed by atoms with E-state index in [1.807, 2.05) is 23.9 Å². The maximum absolute atomic E-state index is 12.9. The molecule has 1 N–H and O–H groups in total. The molecule has 7 heteroatoms. The van der Waals surface area contributed by atoms with Gasteiger partial charge in [-0.1, -0.05) is 12.1 Å². The molecule has 2 amide bonds. The van der Waals surface area contributed by atoms with Crippen molar-refractivity contribution in [1.29, 1.82) is 0 Å². The second kappa shape index (κ2) is 9.52. The lowest BCUT2D eigenvalue weighted by Crippen LogP contribution is -2.48. The van der Waals surface area contributed by atoms with Gasteiger partial charge in [0.15, 0.2) is 0 Å². The number of rotatable bonds is 6. The van der Waals surface area contributed by atoms with Crippen molar-refractivity contribution in [3.05, 3.63) is 59.4 Å². The van der Waals surface area contributed by atoms with Crippen molar-refractivity contribution in [2.24, 2.45) is 0 Å². The first-order chi connectivity index (χ1) is 13.9. The van der Waals surface area contributed by atoms with Gasteiger partial charge in [0.2, 0.25) is 0 Å². The van der Waals surface area contributed by atoms with Crippen LogP contribution in [-0.4, -0.2) is 80.0 Å². The summed E-state index contributed by atoms with van der Waals surface area (Å²) < 4.78 is 0. The summed E-state index contributed by atoms with van der Waals surface area (Å²) in [5.74, 6) is -0.289. The Morgan fingerprint density at radius 2 is 1.79 bits per heavy atom. The Bertz CT molecular complexity index is 860. The summed E-state index contributed by atoms with van der Waals surface area (Å²) in [6.07, 6.45) is 3.03. The number of likely N-dealkylation sites (N-methyl/N-ethyl adjacent to an activating group) is 1. The fourth-order valence-corrected chi connectivity index (χ4v) is 3.35. The molecule has 1 fully saturated rings. The number of nitrogens with one attached hydrogen (secondary N) is 1.